The van der Waals surface area contributed by atoms with Crippen LogP contribution in [0.25, 0.3) is 0 Å². The number of rotatable bonds is 5. The molecule has 0 aromatic heterocycles. The number of amides is 1. The van der Waals surface area contributed by atoms with E-state index in [1.807, 2.05) is 18.2 Å². The number of hydrogen-bond donors (Lipinski definition) is 0. The summed E-state index contributed by atoms with van der Waals surface area (Å²) in [5, 5.41) is 0.601. The summed E-state index contributed by atoms with van der Waals surface area (Å²) in [6, 6.07) is 13.4. The SMILES string of the molecule is CN(Cc1ccccc1Cl)C(=O)c1ccc(S(=O)(=O)N2CCOCC2)cc1. The number of nitrogens with zero attached hydrogens (tertiary/aromatic N) is 2. The first-order valence-corrected chi connectivity index (χ1v) is 10.4. The van der Waals surface area contributed by atoms with Gasteiger partial charge in [-0.05, 0) is 35.9 Å². The minimum absolute atomic E-state index is 0.176. The Morgan fingerprint density at radius 2 is 1.74 bits per heavy atom. The molecule has 0 bridgehead atoms. The Balaban J connectivity index is 1.72. The number of carbonyl (C=O) groups excluding carboxylic acids is 1. The van der Waals surface area contributed by atoms with E-state index in [-0.39, 0.29) is 10.8 Å². The molecule has 1 fully saturated rings. The average Bonchev–Trinajstić information content (AvgIpc) is 2.70. The molecule has 1 saturated heterocycles. The van der Waals surface area contributed by atoms with Crippen LogP contribution < -0.4 is 0 Å². The standard InChI is InChI=1S/C19H21ClN2O4S/c1-21(14-16-4-2-3-5-18(16)20)19(23)15-6-8-17(9-7-15)27(24,25)22-10-12-26-13-11-22/h2-9H,10-14H2,1H3. The zero-order chi connectivity index (χ0) is 19.4. The van der Waals surface area contributed by atoms with Gasteiger partial charge in [0.1, 0.15) is 0 Å². The molecule has 0 atom stereocenters. The monoisotopic (exact) mass is 408 g/mol. The highest BCUT2D eigenvalue weighted by Crippen LogP contribution is 2.20. The first kappa shape index (κ1) is 19.8. The average molecular weight is 409 g/mol. The summed E-state index contributed by atoms with van der Waals surface area (Å²) >= 11 is 6.15. The van der Waals surface area contributed by atoms with Gasteiger partial charge in [0.05, 0.1) is 18.1 Å². The molecule has 1 amide bonds. The van der Waals surface area contributed by atoms with Crippen LogP contribution in [0.5, 0.6) is 0 Å². The molecule has 0 aliphatic carbocycles. The smallest absolute Gasteiger partial charge is 0.253 e. The van der Waals surface area contributed by atoms with Gasteiger partial charge < -0.3 is 9.64 Å². The predicted molar refractivity (Wildman–Crippen MR) is 103 cm³/mol. The molecule has 2 aromatic carbocycles. The van der Waals surface area contributed by atoms with Gasteiger partial charge in [-0.25, -0.2) is 8.42 Å². The van der Waals surface area contributed by atoms with Crippen LogP contribution in [0.1, 0.15) is 15.9 Å². The van der Waals surface area contributed by atoms with Crippen LogP contribution in [0.15, 0.2) is 53.4 Å². The van der Waals surface area contributed by atoms with Crippen molar-refractivity contribution in [2.24, 2.45) is 0 Å². The summed E-state index contributed by atoms with van der Waals surface area (Å²) in [6.45, 7) is 1.82. The van der Waals surface area contributed by atoms with E-state index >= 15 is 0 Å². The number of sulfonamides is 1. The number of hydrogen-bond acceptors (Lipinski definition) is 4. The van der Waals surface area contributed by atoms with E-state index < -0.39 is 10.0 Å². The second-order valence-electron chi connectivity index (χ2n) is 6.29. The third-order valence-corrected chi connectivity index (χ3v) is 6.70. The maximum Gasteiger partial charge on any atom is 0.253 e. The third-order valence-electron chi connectivity index (χ3n) is 4.42. The molecule has 2 aromatic rings. The van der Waals surface area contributed by atoms with E-state index in [1.165, 1.54) is 16.4 Å². The lowest BCUT2D eigenvalue weighted by Crippen LogP contribution is -2.40. The fraction of sp³-hybridized carbons (Fsp3) is 0.316. The Morgan fingerprint density at radius 3 is 2.37 bits per heavy atom. The van der Waals surface area contributed by atoms with Crippen molar-refractivity contribution in [3.63, 3.8) is 0 Å². The largest absolute Gasteiger partial charge is 0.379 e. The van der Waals surface area contributed by atoms with Gasteiger partial charge in [0.15, 0.2) is 0 Å². The van der Waals surface area contributed by atoms with Gasteiger partial charge in [0, 0.05) is 37.3 Å². The van der Waals surface area contributed by atoms with E-state index in [0.29, 0.717) is 43.4 Å². The Kier molecular flexibility index (Phi) is 6.16. The van der Waals surface area contributed by atoms with Crippen LogP contribution in [0.3, 0.4) is 0 Å². The van der Waals surface area contributed by atoms with E-state index in [2.05, 4.69) is 0 Å². The van der Waals surface area contributed by atoms with Crippen LogP contribution >= 0.6 is 11.6 Å². The number of morpholine rings is 1. The minimum atomic E-state index is -3.57. The molecular weight excluding hydrogens is 388 g/mol. The van der Waals surface area contributed by atoms with Crippen molar-refractivity contribution in [2.75, 3.05) is 33.4 Å². The van der Waals surface area contributed by atoms with Crippen LogP contribution in [0.2, 0.25) is 5.02 Å². The molecule has 1 aliphatic heterocycles. The second-order valence-corrected chi connectivity index (χ2v) is 8.64. The maximum absolute atomic E-state index is 12.6. The van der Waals surface area contributed by atoms with Crippen molar-refractivity contribution in [1.82, 2.24) is 9.21 Å². The number of benzene rings is 2. The summed E-state index contributed by atoms with van der Waals surface area (Å²) in [5.41, 5.74) is 1.27. The lowest BCUT2D eigenvalue weighted by atomic mass is 10.1. The Morgan fingerprint density at radius 1 is 1.11 bits per heavy atom. The fourth-order valence-electron chi connectivity index (χ4n) is 2.88. The van der Waals surface area contributed by atoms with Crippen molar-refractivity contribution in [3.8, 4) is 0 Å². The second kappa shape index (κ2) is 8.39. The molecule has 1 heterocycles. The molecule has 27 heavy (non-hydrogen) atoms. The quantitative estimate of drug-likeness (QED) is 0.762. The number of halogens is 1. The van der Waals surface area contributed by atoms with Crippen molar-refractivity contribution in [2.45, 2.75) is 11.4 Å². The lowest BCUT2D eigenvalue weighted by molar-refractivity contribution is 0.0730. The zero-order valence-corrected chi connectivity index (χ0v) is 16.5. The molecule has 8 heteroatoms. The highest BCUT2D eigenvalue weighted by atomic mass is 35.5. The topological polar surface area (TPSA) is 66.9 Å². The summed E-state index contributed by atoms with van der Waals surface area (Å²) in [4.78, 5) is 14.4. The molecule has 0 radical (unpaired) electrons. The van der Waals surface area contributed by atoms with E-state index in [9.17, 15) is 13.2 Å². The first-order chi connectivity index (χ1) is 12.9. The Labute approximate surface area is 164 Å². The molecule has 6 nitrogen and oxygen atoms in total. The van der Waals surface area contributed by atoms with Crippen LogP contribution in [0, 0.1) is 0 Å². The van der Waals surface area contributed by atoms with Gasteiger partial charge in [-0.1, -0.05) is 29.8 Å². The van der Waals surface area contributed by atoms with Gasteiger partial charge >= 0.3 is 0 Å². The summed E-state index contributed by atoms with van der Waals surface area (Å²) < 4.78 is 31.9. The highest BCUT2D eigenvalue weighted by molar-refractivity contribution is 7.89. The van der Waals surface area contributed by atoms with Crippen LogP contribution in [0.4, 0.5) is 0 Å². The van der Waals surface area contributed by atoms with E-state index in [1.54, 1.807) is 30.1 Å². The van der Waals surface area contributed by atoms with Crippen molar-refractivity contribution < 1.29 is 17.9 Å². The third kappa shape index (κ3) is 4.50. The molecular formula is C19H21ClN2O4S. The first-order valence-electron chi connectivity index (χ1n) is 8.56. The predicted octanol–water partition coefficient (Wildman–Crippen LogP) is 2.63. The Hall–Kier alpha value is -1.93. The van der Waals surface area contributed by atoms with Crippen molar-refractivity contribution in [1.29, 1.82) is 0 Å². The normalized spacial score (nSPS) is 15.5. The van der Waals surface area contributed by atoms with Crippen LogP contribution in [-0.2, 0) is 21.3 Å². The molecule has 144 valence electrons. The highest BCUT2D eigenvalue weighted by Gasteiger charge is 2.26. The van der Waals surface area contributed by atoms with Gasteiger partial charge in [-0.3, -0.25) is 4.79 Å². The molecule has 0 saturated carbocycles. The van der Waals surface area contributed by atoms with Crippen LogP contribution in [-0.4, -0.2) is 56.9 Å². The molecule has 0 spiro atoms. The minimum Gasteiger partial charge on any atom is -0.379 e. The van der Waals surface area contributed by atoms with E-state index in [4.69, 9.17) is 16.3 Å². The zero-order valence-electron chi connectivity index (χ0n) is 15.0. The van der Waals surface area contributed by atoms with Gasteiger partial charge in [0.25, 0.3) is 5.91 Å². The lowest BCUT2D eigenvalue weighted by Gasteiger charge is -2.26. The Bertz CT molecular complexity index is 910. The summed E-state index contributed by atoms with van der Waals surface area (Å²) in [5.74, 6) is -0.203. The molecule has 1 aliphatic rings. The van der Waals surface area contributed by atoms with Gasteiger partial charge in [-0.2, -0.15) is 4.31 Å². The number of carbonyl (C=O) groups is 1. The van der Waals surface area contributed by atoms with Gasteiger partial charge in [0.2, 0.25) is 10.0 Å². The molecule has 3 rings (SSSR count). The maximum atomic E-state index is 12.6. The summed E-state index contributed by atoms with van der Waals surface area (Å²) in [6.07, 6.45) is 0. The summed E-state index contributed by atoms with van der Waals surface area (Å²) in [7, 11) is -1.88. The van der Waals surface area contributed by atoms with Crippen molar-refractivity contribution >= 4 is 27.5 Å². The fourth-order valence-corrected chi connectivity index (χ4v) is 4.48. The molecule has 0 N–H and O–H groups in total. The van der Waals surface area contributed by atoms with Crippen molar-refractivity contribution in [3.05, 3.63) is 64.7 Å². The number of ether oxygens (including phenoxy) is 1. The van der Waals surface area contributed by atoms with E-state index in [0.717, 1.165) is 5.56 Å². The van der Waals surface area contributed by atoms with Gasteiger partial charge in [-0.15, -0.1) is 0 Å². The molecule has 0 unspecified atom stereocenters.